The second kappa shape index (κ2) is 6.58. The van der Waals surface area contributed by atoms with Crippen molar-refractivity contribution < 1.29 is 14.3 Å². The fraction of sp³-hybridized carbons (Fsp3) is 0.769. The lowest BCUT2D eigenvalue weighted by Crippen LogP contribution is -2.50. The zero-order valence-corrected chi connectivity index (χ0v) is 12.7. The van der Waals surface area contributed by atoms with E-state index in [0.29, 0.717) is 23.6 Å². The van der Waals surface area contributed by atoms with Crippen LogP contribution in [-0.2, 0) is 4.79 Å². The maximum Gasteiger partial charge on any atom is 0.323 e. The lowest BCUT2D eigenvalue weighted by molar-refractivity contribution is -0.144. The van der Waals surface area contributed by atoms with Crippen molar-refractivity contribution in [2.24, 2.45) is 0 Å². The molecule has 1 aromatic rings. The maximum absolute atomic E-state index is 11.4. The summed E-state index contributed by atoms with van der Waals surface area (Å²) in [5.41, 5.74) is -0.799. The van der Waals surface area contributed by atoms with E-state index < -0.39 is 11.5 Å². The Bertz CT molecular complexity index is 461. The smallest absolute Gasteiger partial charge is 0.323 e. The second-order valence-corrected chi connectivity index (χ2v) is 6.49. The van der Waals surface area contributed by atoms with Crippen LogP contribution in [0.5, 0.6) is 0 Å². The van der Waals surface area contributed by atoms with E-state index in [1.807, 2.05) is 0 Å². The molecule has 0 bridgehead atoms. The number of aliphatic carboxylic acids is 1. The highest BCUT2D eigenvalue weighted by molar-refractivity contribution is 7.99. The molecule has 2 rings (SSSR count). The van der Waals surface area contributed by atoms with Gasteiger partial charge in [-0.3, -0.25) is 10.1 Å². The molecule has 1 aromatic heterocycles. The van der Waals surface area contributed by atoms with Crippen molar-refractivity contribution in [1.82, 2.24) is 15.5 Å². The average Bonchev–Trinajstić information content (AvgIpc) is 3.09. The normalized spacial score (nSPS) is 17.9. The summed E-state index contributed by atoms with van der Waals surface area (Å²) in [6.45, 7) is 3.54. The third-order valence-corrected chi connectivity index (χ3v) is 4.28. The molecule has 0 amide bonds. The number of aryl methyl sites for hydroxylation is 1. The minimum absolute atomic E-state index is 0.395. The third-order valence-electron chi connectivity index (χ3n) is 3.38. The highest BCUT2D eigenvalue weighted by atomic mass is 32.2. The van der Waals surface area contributed by atoms with Gasteiger partial charge < -0.3 is 9.52 Å². The van der Waals surface area contributed by atoms with Crippen LogP contribution in [0.4, 0.5) is 0 Å². The van der Waals surface area contributed by atoms with Crippen molar-refractivity contribution in [2.75, 3.05) is 5.75 Å². The SMILES string of the molecule is Cc1nnc(SCCCCC(C)(NC2CC2)C(=O)O)o1. The Morgan fingerprint density at radius 1 is 1.50 bits per heavy atom. The van der Waals surface area contributed by atoms with Gasteiger partial charge >= 0.3 is 5.97 Å². The van der Waals surface area contributed by atoms with E-state index in [1.54, 1.807) is 13.8 Å². The lowest BCUT2D eigenvalue weighted by Gasteiger charge is -2.26. The molecule has 1 aliphatic carbocycles. The topological polar surface area (TPSA) is 88.2 Å². The predicted octanol–water partition coefficient (Wildman–Crippen LogP) is 2.24. The van der Waals surface area contributed by atoms with E-state index in [1.165, 1.54) is 11.8 Å². The standard InChI is InChI=1S/C13H21N3O3S/c1-9-15-16-12(19-9)20-8-4-3-7-13(2,11(17)18)14-10-5-6-10/h10,14H,3-8H2,1-2H3,(H,17,18). The Kier molecular flexibility index (Phi) is 5.04. The van der Waals surface area contributed by atoms with E-state index >= 15 is 0 Å². The van der Waals surface area contributed by atoms with Gasteiger partial charge in [0.15, 0.2) is 0 Å². The van der Waals surface area contributed by atoms with Crippen molar-refractivity contribution in [3.8, 4) is 0 Å². The number of aromatic nitrogens is 2. The Balaban J connectivity index is 1.66. The number of rotatable bonds is 9. The molecule has 1 saturated carbocycles. The Morgan fingerprint density at radius 3 is 2.80 bits per heavy atom. The number of thioether (sulfide) groups is 1. The van der Waals surface area contributed by atoms with Gasteiger partial charge in [0, 0.05) is 18.7 Å². The highest BCUT2D eigenvalue weighted by Crippen LogP contribution is 2.26. The van der Waals surface area contributed by atoms with Crippen LogP contribution in [0.3, 0.4) is 0 Å². The first-order chi connectivity index (χ1) is 9.49. The average molecular weight is 299 g/mol. The van der Waals surface area contributed by atoms with Gasteiger partial charge in [-0.15, -0.1) is 10.2 Å². The largest absolute Gasteiger partial charge is 0.480 e. The van der Waals surface area contributed by atoms with Crippen LogP contribution in [0.1, 0.15) is 44.9 Å². The van der Waals surface area contributed by atoms with Gasteiger partial charge in [0.25, 0.3) is 5.22 Å². The Morgan fingerprint density at radius 2 is 2.25 bits per heavy atom. The third kappa shape index (κ3) is 4.49. The summed E-state index contributed by atoms with van der Waals surface area (Å²) in [7, 11) is 0. The Labute approximate surface area is 122 Å². The van der Waals surface area contributed by atoms with Gasteiger partial charge in [-0.25, -0.2) is 0 Å². The molecule has 1 unspecified atom stereocenters. The molecule has 1 aliphatic rings. The minimum Gasteiger partial charge on any atom is -0.480 e. The molecule has 1 fully saturated rings. The van der Waals surface area contributed by atoms with Gasteiger partial charge in [0.1, 0.15) is 5.54 Å². The van der Waals surface area contributed by atoms with Crippen LogP contribution in [0.25, 0.3) is 0 Å². The van der Waals surface area contributed by atoms with Crippen molar-refractivity contribution in [3.05, 3.63) is 5.89 Å². The molecule has 0 radical (unpaired) electrons. The quantitative estimate of drug-likeness (QED) is 0.534. The predicted molar refractivity (Wildman–Crippen MR) is 75.8 cm³/mol. The van der Waals surface area contributed by atoms with E-state index in [2.05, 4.69) is 15.5 Å². The number of unbranched alkanes of at least 4 members (excludes halogenated alkanes) is 1. The zero-order valence-electron chi connectivity index (χ0n) is 11.9. The van der Waals surface area contributed by atoms with Crippen molar-refractivity contribution in [1.29, 1.82) is 0 Å². The molecule has 0 saturated heterocycles. The lowest BCUT2D eigenvalue weighted by atomic mass is 9.95. The van der Waals surface area contributed by atoms with Gasteiger partial charge in [-0.1, -0.05) is 18.2 Å². The molecule has 1 heterocycles. The summed E-state index contributed by atoms with van der Waals surface area (Å²) in [6.07, 6.45) is 4.62. The van der Waals surface area contributed by atoms with Crippen LogP contribution in [-0.4, -0.2) is 38.6 Å². The van der Waals surface area contributed by atoms with Crippen LogP contribution in [0.2, 0.25) is 0 Å². The van der Waals surface area contributed by atoms with Crippen LogP contribution in [0, 0.1) is 6.92 Å². The molecule has 2 N–H and O–H groups in total. The van der Waals surface area contributed by atoms with Gasteiger partial charge in [0.2, 0.25) is 5.89 Å². The summed E-state index contributed by atoms with van der Waals surface area (Å²) in [6, 6.07) is 0.395. The molecule has 0 spiro atoms. The van der Waals surface area contributed by atoms with E-state index in [0.717, 1.165) is 31.4 Å². The number of carboxylic acid groups (broad SMARTS) is 1. The van der Waals surface area contributed by atoms with Gasteiger partial charge in [-0.2, -0.15) is 0 Å². The minimum atomic E-state index is -0.799. The van der Waals surface area contributed by atoms with Crippen LogP contribution in [0.15, 0.2) is 9.64 Å². The number of nitrogens with one attached hydrogen (secondary N) is 1. The van der Waals surface area contributed by atoms with Crippen LogP contribution < -0.4 is 5.32 Å². The molecule has 7 heteroatoms. The van der Waals surface area contributed by atoms with Crippen LogP contribution >= 0.6 is 11.8 Å². The molecular formula is C13H21N3O3S. The summed E-state index contributed by atoms with van der Waals surface area (Å²) in [5, 5.41) is 20.8. The Hall–Kier alpha value is -1.08. The number of nitrogens with zero attached hydrogens (tertiary/aromatic N) is 2. The van der Waals surface area contributed by atoms with E-state index in [9.17, 15) is 9.90 Å². The molecular weight excluding hydrogens is 278 g/mol. The number of hydrogen-bond donors (Lipinski definition) is 2. The highest BCUT2D eigenvalue weighted by Gasteiger charge is 2.37. The summed E-state index contributed by atoms with van der Waals surface area (Å²) in [4.78, 5) is 11.4. The first-order valence-electron chi connectivity index (χ1n) is 6.93. The van der Waals surface area contributed by atoms with Crippen molar-refractivity contribution >= 4 is 17.7 Å². The monoisotopic (exact) mass is 299 g/mol. The number of carbonyl (C=O) groups is 1. The summed E-state index contributed by atoms with van der Waals surface area (Å²) < 4.78 is 5.26. The maximum atomic E-state index is 11.4. The van der Waals surface area contributed by atoms with E-state index in [4.69, 9.17) is 4.42 Å². The number of hydrogen-bond acceptors (Lipinski definition) is 6. The first kappa shape index (κ1) is 15.3. The molecule has 1 atom stereocenters. The van der Waals surface area contributed by atoms with Crippen molar-refractivity contribution in [3.63, 3.8) is 0 Å². The van der Waals surface area contributed by atoms with Gasteiger partial charge in [-0.05, 0) is 32.6 Å². The van der Waals surface area contributed by atoms with Gasteiger partial charge in [0.05, 0.1) is 0 Å². The zero-order chi connectivity index (χ0) is 14.6. The molecule has 0 aromatic carbocycles. The summed E-state index contributed by atoms with van der Waals surface area (Å²) in [5.74, 6) is 0.671. The number of carboxylic acids is 1. The van der Waals surface area contributed by atoms with E-state index in [-0.39, 0.29) is 0 Å². The fourth-order valence-electron chi connectivity index (χ4n) is 2.00. The van der Waals surface area contributed by atoms with Crippen molar-refractivity contribution in [2.45, 2.75) is 62.8 Å². The summed E-state index contributed by atoms with van der Waals surface area (Å²) >= 11 is 1.52. The molecule has 20 heavy (non-hydrogen) atoms. The molecule has 6 nitrogen and oxygen atoms in total. The molecule has 0 aliphatic heterocycles. The second-order valence-electron chi connectivity index (χ2n) is 5.45. The first-order valence-corrected chi connectivity index (χ1v) is 7.92. The fourth-order valence-corrected chi connectivity index (χ4v) is 2.80. The molecule has 112 valence electrons.